The van der Waals surface area contributed by atoms with Crippen LogP contribution in [-0.2, 0) is 13.0 Å². The highest BCUT2D eigenvalue weighted by Crippen LogP contribution is 2.35. The quantitative estimate of drug-likeness (QED) is 0.787. The van der Waals surface area contributed by atoms with Crippen LogP contribution in [0, 0.1) is 0 Å². The molecule has 0 spiro atoms. The number of rotatable bonds is 6. The molecule has 0 aliphatic rings. The molecule has 3 N–H and O–H groups in total. The Balaban J connectivity index is 3.48. The number of carbonyl (C=O) groups excluding carboxylic acids is 1. The van der Waals surface area contributed by atoms with Gasteiger partial charge in [0.05, 0.1) is 17.7 Å². The van der Waals surface area contributed by atoms with Gasteiger partial charge in [0, 0.05) is 5.56 Å². The number of hydrogen-bond acceptors (Lipinski definition) is 4. The third-order valence-electron chi connectivity index (χ3n) is 2.71. The van der Waals surface area contributed by atoms with E-state index in [0.29, 0.717) is 40.4 Å². The van der Waals surface area contributed by atoms with Crippen molar-refractivity contribution >= 4 is 17.4 Å². The van der Waals surface area contributed by atoms with Crippen molar-refractivity contribution in [1.82, 2.24) is 0 Å². The molecular formula is C14H20ClNO3. The van der Waals surface area contributed by atoms with E-state index in [1.165, 1.54) is 6.92 Å². The van der Waals surface area contributed by atoms with Gasteiger partial charge in [-0.2, -0.15) is 0 Å². The number of aliphatic hydroxyl groups excluding tert-OH is 1. The van der Waals surface area contributed by atoms with Crippen LogP contribution in [0.4, 0.5) is 0 Å². The number of benzene rings is 1. The minimum Gasteiger partial charge on any atom is -0.489 e. The van der Waals surface area contributed by atoms with Gasteiger partial charge in [-0.1, -0.05) is 11.6 Å². The molecule has 0 saturated heterocycles. The van der Waals surface area contributed by atoms with Gasteiger partial charge in [0.1, 0.15) is 5.75 Å². The summed E-state index contributed by atoms with van der Waals surface area (Å²) in [5.41, 5.74) is 7.29. The molecule has 0 heterocycles. The summed E-state index contributed by atoms with van der Waals surface area (Å²) in [7, 11) is 0. The van der Waals surface area contributed by atoms with Crippen LogP contribution in [0.15, 0.2) is 6.07 Å². The van der Waals surface area contributed by atoms with Gasteiger partial charge in [0.15, 0.2) is 5.78 Å². The molecule has 0 saturated carbocycles. The lowest BCUT2D eigenvalue weighted by Gasteiger charge is -2.18. The Kier molecular flexibility index (Phi) is 5.79. The van der Waals surface area contributed by atoms with Crippen LogP contribution in [0.3, 0.4) is 0 Å². The Morgan fingerprint density at radius 3 is 2.58 bits per heavy atom. The van der Waals surface area contributed by atoms with Crippen molar-refractivity contribution in [3.63, 3.8) is 0 Å². The van der Waals surface area contributed by atoms with Crippen LogP contribution in [0.5, 0.6) is 5.75 Å². The summed E-state index contributed by atoms with van der Waals surface area (Å²) >= 11 is 6.25. The molecule has 0 fully saturated rings. The second-order valence-electron chi connectivity index (χ2n) is 4.62. The molecule has 1 aromatic rings. The maximum Gasteiger partial charge on any atom is 0.161 e. The Morgan fingerprint density at radius 2 is 2.16 bits per heavy atom. The van der Waals surface area contributed by atoms with E-state index in [2.05, 4.69) is 0 Å². The normalized spacial score (nSPS) is 10.9. The van der Waals surface area contributed by atoms with E-state index in [9.17, 15) is 9.90 Å². The molecule has 0 radical (unpaired) electrons. The smallest absolute Gasteiger partial charge is 0.161 e. The number of halogens is 1. The van der Waals surface area contributed by atoms with Crippen molar-refractivity contribution in [2.24, 2.45) is 5.73 Å². The molecule has 0 bridgehead atoms. The maximum absolute atomic E-state index is 11.8. The van der Waals surface area contributed by atoms with Gasteiger partial charge in [0.25, 0.3) is 0 Å². The minimum absolute atomic E-state index is 0.0655. The standard InChI is InChI=1S/C14H20ClNO3/c1-8(2)19-12-6-10(7-17)11(4-5-16)13(9(3)18)14(12)15/h6,8,17H,4-5,7,16H2,1-3H3. The number of aliphatic hydroxyl groups is 1. The average Bonchev–Trinajstić information content (AvgIpc) is 2.32. The van der Waals surface area contributed by atoms with E-state index >= 15 is 0 Å². The Bertz CT molecular complexity index is 472. The zero-order valence-corrected chi connectivity index (χ0v) is 12.3. The molecule has 0 unspecified atom stereocenters. The van der Waals surface area contributed by atoms with Crippen LogP contribution in [0.1, 0.15) is 42.3 Å². The van der Waals surface area contributed by atoms with E-state index in [1.54, 1.807) is 6.07 Å². The van der Waals surface area contributed by atoms with E-state index in [-0.39, 0.29) is 18.5 Å². The fraction of sp³-hybridized carbons (Fsp3) is 0.500. The number of ether oxygens (including phenoxy) is 1. The molecular weight excluding hydrogens is 266 g/mol. The number of hydrogen-bond donors (Lipinski definition) is 2. The summed E-state index contributed by atoms with van der Waals surface area (Å²) in [4.78, 5) is 11.8. The number of carbonyl (C=O) groups is 1. The highest BCUT2D eigenvalue weighted by molar-refractivity contribution is 6.35. The zero-order chi connectivity index (χ0) is 14.6. The van der Waals surface area contributed by atoms with Crippen LogP contribution < -0.4 is 10.5 Å². The topological polar surface area (TPSA) is 72.5 Å². The predicted octanol–water partition coefficient (Wildman–Crippen LogP) is 2.32. The molecule has 5 heteroatoms. The summed E-state index contributed by atoms with van der Waals surface area (Å²) in [6.07, 6.45) is 0.427. The van der Waals surface area contributed by atoms with Crippen molar-refractivity contribution in [2.75, 3.05) is 6.54 Å². The molecule has 0 aromatic heterocycles. The lowest BCUT2D eigenvalue weighted by atomic mass is 9.95. The van der Waals surface area contributed by atoms with Gasteiger partial charge in [-0.15, -0.1) is 0 Å². The second-order valence-corrected chi connectivity index (χ2v) is 5.00. The lowest BCUT2D eigenvalue weighted by molar-refractivity contribution is 0.101. The van der Waals surface area contributed by atoms with Crippen molar-refractivity contribution in [3.05, 3.63) is 27.8 Å². The van der Waals surface area contributed by atoms with E-state index in [1.807, 2.05) is 13.8 Å². The second kappa shape index (κ2) is 6.89. The highest BCUT2D eigenvalue weighted by Gasteiger charge is 2.20. The van der Waals surface area contributed by atoms with E-state index in [4.69, 9.17) is 22.1 Å². The predicted molar refractivity (Wildman–Crippen MR) is 75.9 cm³/mol. The molecule has 0 aliphatic carbocycles. The number of Topliss-reactive ketones (excluding diaryl/α,β-unsaturated/α-hetero) is 1. The van der Waals surface area contributed by atoms with Crippen LogP contribution in [-0.4, -0.2) is 23.5 Å². The molecule has 0 atom stereocenters. The summed E-state index contributed by atoms with van der Waals surface area (Å²) in [5.74, 6) is 0.268. The SMILES string of the molecule is CC(=O)c1c(Cl)c(OC(C)C)cc(CO)c1CCN. The monoisotopic (exact) mass is 285 g/mol. The molecule has 106 valence electrons. The van der Waals surface area contributed by atoms with Gasteiger partial charge in [-0.05, 0) is 50.9 Å². The van der Waals surface area contributed by atoms with Gasteiger partial charge in [0.2, 0.25) is 0 Å². The summed E-state index contributed by atoms with van der Waals surface area (Å²) in [6, 6.07) is 1.68. The van der Waals surface area contributed by atoms with Gasteiger partial charge >= 0.3 is 0 Å². The molecule has 1 aromatic carbocycles. The molecule has 4 nitrogen and oxygen atoms in total. The largest absolute Gasteiger partial charge is 0.489 e. The zero-order valence-electron chi connectivity index (χ0n) is 11.5. The van der Waals surface area contributed by atoms with Gasteiger partial charge < -0.3 is 15.6 Å². The minimum atomic E-state index is -0.179. The van der Waals surface area contributed by atoms with Crippen molar-refractivity contribution in [3.8, 4) is 5.75 Å². The fourth-order valence-corrected chi connectivity index (χ4v) is 2.35. The third-order valence-corrected chi connectivity index (χ3v) is 3.09. The Hall–Kier alpha value is -1.10. The molecule has 0 aliphatic heterocycles. The molecule has 1 rings (SSSR count). The third kappa shape index (κ3) is 3.69. The van der Waals surface area contributed by atoms with E-state index in [0.717, 1.165) is 0 Å². The summed E-state index contributed by atoms with van der Waals surface area (Å²) in [5, 5.41) is 9.74. The Morgan fingerprint density at radius 1 is 1.53 bits per heavy atom. The Labute approximate surface area is 118 Å². The van der Waals surface area contributed by atoms with E-state index < -0.39 is 0 Å². The average molecular weight is 286 g/mol. The first-order valence-electron chi connectivity index (χ1n) is 6.25. The first-order valence-corrected chi connectivity index (χ1v) is 6.62. The number of ketones is 1. The van der Waals surface area contributed by atoms with Crippen molar-refractivity contribution in [2.45, 2.75) is 39.9 Å². The van der Waals surface area contributed by atoms with Crippen LogP contribution >= 0.6 is 11.6 Å². The maximum atomic E-state index is 11.8. The van der Waals surface area contributed by atoms with Crippen LogP contribution in [0.25, 0.3) is 0 Å². The first kappa shape index (κ1) is 16.0. The number of nitrogens with two attached hydrogens (primary N) is 1. The fourth-order valence-electron chi connectivity index (χ4n) is 2.00. The van der Waals surface area contributed by atoms with Gasteiger partial charge in [-0.3, -0.25) is 4.79 Å². The van der Waals surface area contributed by atoms with Crippen molar-refractivity contribution < 1.29 is 14.6 Å². The summed E-state index contributed by atoms with van der Waals surface area (Å²) < 4.78 is 5.58. The highest BCUT2D eigenvalue weighted by atomic mass is 35.5. The first-order chi connectivity index (χ1) is 8.92. The molecule has 0 amide bonds. The lowest BCUT2D eigenvalue weighted by Crippen LogP contribution is -2.14. The van der Waals surface area contributed by atoms with Gasteiger partial charge in [-0.25, -0.2) is 0 Å². The van der Waals surface area contributed by atoms with Crippen molar-refractivity contribution in [1.29, 1.82) is 0 Å². The summed E-state index contributed by atoms with van der Waals surface area (Å²) in [6.45, 7) is 5.39. The molecule has 19 heavy (non-hydrogen) atoms. The van der Waals surface area contributed by atoms with Crippen LogP contribution in [0.2, 0.25) is 5.02 Å².